The van der Waals surface area contributed by atoms with E-state index in [9.17, 15) is 9.59 Å². The topological polar surface area (TPSA) is 58.9 Å². The van der Waals surface area contributed by atoms with E-state index in [0.717, 1.165) is 32.1 Å². The third-order valence-corrected chi connectivity index (χ3v) is 4.93. The zero-order chi connectivity index (χ0) is 14.6. The Kier molecular flexibility index (Phi) is 4.84. The van der Waals surface area contributed by atoms with Gasteiger partial charge in [0, 0.05) is 0 Å². The normalized spacial score (nSPS) is 33.1. The number of rotatable bonds is 5. The summed E-state index contributed by atoms with van der Waals surface area (Å²) in [4.78, 5) is 29.7. The molecule has 1 rings (SSSR count). The molecule has 4 nitrogen and oxygen atoms in total. The minimum atomic E-state index is -0.470. The highest BCUT2D eigenvalue weighted by Gasteiger charge is 2.51. The largest absolute Gasteiger partial charge is 0.235 e. The first kappa shape index (κ1) is 15.8. The van der Waals surface area contributed by atoms with E-state index in [2.05, 4.69) is 23.8 Å². The van der Waals surface area contributed by atoms with Crippen molar-refractivity contribution < 1.29 is 9.59 Å². The van der Waals surface area contributed by atoms with Crippen LogP contribution in [0.25, 0.3) is 0 Å². The molecule has 0 aromatic carbocycles. The Morgan fingerprint density at radius 3 is 1.89 bits per heavy atom. The van der Waals surface area contributed by atoms with Crippen molar-refractivity contribution in [3.8, 4) is 0 Å². The molecule has 106 valence electrons. The summed E-state index contributed by atoms with van der Waals surface area (Å²) in [6.07, 6.45) is 8.58. The van der Waals surface area contributed by atoms with E-state index >= 15 is 0 Å². The number of isocyanates is 2. The summed E-state index contributed by atoms with van der Waals surface area (Å²) in [6, 6.07) is 0. The van der Waals surface area contributed by atoms with Crippen LogP contribution in [0.4, 0.5) is 0 Å². The summed E-state index contributed by atoms with van der Waals surface area (Å²) in [5.41, 5.74) is -0.812. The van der Waals surface area contributed by atoms with Gasteiger partial charge in [-0.25, -0.2) is 9.59 Å². The van der Waals surface area contributed by atoms with E-state index in [0.29, 0.717) is 6.42 Å². The highest BCUT2D eigenvalue weighted by molar-refractivity contribution is 5.37. The van der Waals surface area contributed by atoms with E-state index in [-0.39, 0.29) is 5.41 Å². The summed E-state index contributed by atoms with van der Waals surface area (Å²) in [5, 5.41) is 0. The van der Waals surface area contributed by atoms with Gasteiger partial charge in [0.1, 0.15) is 0 Å². The molecule has 2 atom stereocenters. The second-order valence-electron chi connectivity index (χ2n) is 6.22. The second-order valence-corrected chi connectivity index (χ2v) is 6.22. The van der Waals surface area contributed by atoms with E-state index in [4.69, 9.17) is 0 Å². The molecule has 0 aliphatic heterocycles. The summed E-state index contributed by atoms with van der Waals surface area (Å²) < 4.78 is 0. The SMILES string of the molecule is CCC1(CC)CC(C)(N=C=O)CC(CC)(N=C=O)C1. The quantitative estimate of drug-likeness (QED) is 0.563. The van der Waals surface area contributed by atoms with Crippen molar-refractivity contribution in [1.82, 2.24) is 0 Å². The maximum absolute atomic E-state index is 10.8. The molecule has 0 spiro atoms. The second kappa shape index (κ2) is 5.81. The molecule has 0 aromatic heterocycles. The lowest BCUT2D eigenvalue weighted by Gasteiger charge is -2.51. The van der Waals surface area contributed by atoms with Gasteiger partial charge in [0.05, 0.1) is 11.1 Å². The van der Waals surface area contributed by atoms with Crippen molar-refractivity contribution >= 4 is 12.2 Å². The summed E-state index contributed by atoms with van der Waals surface area (Å²) >= 11 is 0. The Balaban J connectivity index is 3.29. The molecule has 0 heterocycles. The molecule has 2 unspecified atom stereocenters. The van der Waals surface area contributed by atoms with Gasteiger partial charge in [-0.15, -0.1) is 0 Å². The highest BCUT2D eigenvalue weighted by Crippen LogP contribution is 2.53. The first-order valence-electron chi connectivity index (χ1n) is 7.11. The molecule has 0 N–H and O–H groups in total. The fraction of sp³-hybridized carbons (Fsp3) is 0.867. The molecule has 0 saturated heterocycles. The van der Waals surface area contributed by atoms with Crippen LogP contribution in [0.3, 0.4) is 0 Å². The van der Waals surface area contributed by atoms with Crippen molar-refractivity contribution in [3.05, 3.63) is 0 Å². The molecule has 0 aromatic rings. The zero-order valence-corrected chi connectivity index (χ0v) is 12.5. The van der Waals surface area contributed by atoms with E-state index in [1.807, 2.05) is 13.8 Å². The summed E-state index contributed by atoms with van der Waals surface area (Å²) in [7, 11) is 0. The minimum absolute atomic E-state index is 0.0870. The van der Waals surface area contributed by atoms with Crippen LogP contribution in [-0.4, -0.2) is 23.2 Å². The van der Waals surface area contributed by atoms with Crippen LogP contribution in [0, 0.1) is 5.41 Å². The van der Waals surface area contributed by atoms with Crippen molar-refractivity contribution in [1.29, 1.82) is 0 Å². The molecular formula is C15H24N2O2. The fourth-order valence-electron chi connectivity index (χ4n) is 3.85. The molecule has 19 heavy (non-hydrogen) atoms. The van der Waals surface area contributed by atoms with E-state index in [1.54, 1.807) is 12.2 Å². The van der Waals surface area contributed by atoms with Crippen molar-refractivity contribution in [2.75, 3.05) is 0 Å². The van der Waals surface area contributed by atoms with Crippen LogP contribution in [0.15, 0.2) is 9.98 Å². The zero-order valence-electron chi connectivity index (χ0n) is 12.5. The average molecular weight is 264 g/mol. The fourth-order valence-corrected chi connectivity index (χ4v) is 3.85. The Labute approximate surface area is 115 Å². The number of hydrogen-bond donors (Lipinski definition) is 0. The third kappa shape index (κ3) is 3.20. The van der Waals surface area contributed by atoms with Crippen molar-refractivity contribution in [2.45, 2.75) is 77.3 Å². The molecule has 1 aliphatic rings. The van der Waals surface area contributed by atoms with E-state index < -0.39 is 11.1 Å². The molecule has 1 saturated carbocycles. The summed E-state index contributed by atoms with van der Waals surface area (Å²) in [5.74, 6) is 0. The van der Waals surface area contributed by atoms with Gasteiger partial charge in [0.2, 0.25) is 12.2 Å². The van der Waals surface area contributed by atoms with Crippen LogP contribution < -0.4 is 0 Å². The van der Waals surface area contributed by atoms with Crippen LogP contribution in [0.5, 0.6) is 0 Å². The van der Waals surface area contributed by atoms with E-state index in [1.165, 1.54) is 0 Å². The molecule has 0 amide bonds. The smallest absolute Gasteiger partial charge is 0.211 e. The Morgan fingerprint density at radius 1 is 0.895 bits per heavy atom. The average Bonchev–Trinajstić information content (AvgIpc) is 2.38. The predicted molar refractivity (Wildman–Crippen MR) is 74.5 cm³/mol. The van der Waals surface area contributed by atoms with Gasteiger partial charge in [-0.05, 0) is 38.0 Å². The lowest BCUT2D eigenvalue weighted by atomic mass is 9.57. The van der Waals surface area contributed by atoms with Gasteiger partial charge in [-0.3, -0.25) is 0 Å². The molecular weight excluding hydrogens is 240 g/mol. The van der Waals surface area contributed by atoms with Crippen LogP contribution in [0.2, 0.25) is 0 Å². The predicted octanol–water partition coefficient (Wildman–Crippen LogP) is 3.56. The van der Waals surface area contributed by atoms with Crippen LogP contribution in [-0.2, 0) is 9.59 Å². The molecule has 4 heteroatoms. The number of aliphatic imine (C=N–C) groups is 2. The van der Waals surface area contributed by atoms with Gasteiger partial charge < -0.3 is 0 Å². The Hall–Kier alpha value is -1.24. The molecule has 1 aliphatic carbocycles. The summed E-state index contributed by atoms with van der Waals surface area (Å²) in [6.45, 7) is 8.32. The highest BCUT2D eigenvalue weighted by atomic mass is 16.1. The molecule has 1 fully saturated rings. The van der Waals surface area contributed by atoms with Gasteiger partial charge in [0.15, 0.2) is 0 Å². The first-order valence-corrected chi connectivity index (χ1v) is 7.11. The van der Waals surface area contributed by atoms with Crippen molar-refractivity contribution in [3.63, 3.8) is 0 Å². The van der Waals surface area contributed by atoms with Crippen LogP contribution >= 0.6 is 0 Å². The van der Waals surface area contributed by atoms with Gasteiger partial charge >= 0.3 is 0 Å². The number of nitrogens with zero attached hydrogens (tertiary/aromatic N) is 2. The monoisotopic (exact) mass is 264 g/mol. The Morgan fingerprint density at radius 2 is 1.47 bits per heavy atom. The van der Waals surface area contributed by atoms with Crippen molar-refractivity contribution in [2.24, 2.45) is 15.4 Å². The number of carbonyl (C=O) groups excluding carboxylic acids is 2. The number of hydrogen-bond acceptors (Lipinski definition) is 4. The van der Waals surface area contributed by atoms with Gasteiger partial charge in [-0.1, -0.05) is 33.6 Å². The first-order chi connectivity index (χ1) is 8.92. The Bertz CT molecular complexity index is 418. The maximum Gasteiger partial charge on any atom is 0.235 e. The molecule has 0 radical (unpaired) electrons. The van der Waals surface area contributed by atoms with Crippen LogP contribution in [0.1, 0.15) is 66.2 Å². The third-order valence-electron chi connectivity index (χ3n) is 4.93. The molecule has 0 bridgehead atoms. The lowest BCUT2D eigenvalue weighted by Crippen LogP contribution is -2.50. The maximum atomic E-state index is 10.8. The van der Waals surface area contributed by atoms with Gasteiger partial charge in [0.25, 0.3) is 0 Å². The van der Waals surface area contributed by atoms with Gasteiger partial charge in [-0.2, -0.15) is 9.98 Å². The lowest BCUT2D eigenvalue weighted by molar-refractivity contribution is 0.0524. The minimum Gasteiger partial charge on any atom is -0.211 e. The standard InChI is InChI=1S/C15H24N2O2/c1-5-14(6-2)8-13(4,16-11-18)9-15(7-3,10-14)17-12-19/h5-10H2,1-4H3.